The van der Waals surface area contributed by atoms with Gasteiger partial charge in [-0.05, 0) is 29.8 Å². The van der Waals surface area contributed by atoms with Crippen LogP contribution in [0, 0.1) is 5.41 Å². The summed E-state index contributed by atoms with van der Waals surface area (Å²) >= 11 is 0. The fraction of sp³-hybridized carbons (Fsp3) is 0.440. The summed E-state index contributed by atoms with van der Waals surface area (Å²) in [5.41, 5.74) is 5.58. The van der Waals surface area contributed by atoms with Crippen molar-refractivity contribution >= 4 is 26.5 Å². The molecule has 1 heterocycles. The average Bonchev–Trinajstić information content (AvgIpc) is 2.92. The highest BCUT2D eigenvalue weighted by molar-refractivity contribution is 7.04. The molecule has 0 nitrogen and oxygen atoms in total. The van der Waals surface area contributed by atoms with Gasteiger partial charge >= 0.3 is 0 Å². The lowest BCUT2D eigenvalue weighted by atomic mass is 9.88. The van der Waals surface area contributed by atoms with Crippen LogP contribution in [0.25, 0.3) is 0 Å². The zero-order chi connectivity index (χ0) is 19.7. The summed E-state index contributed by atoms with van der Waals surface area (Å²) in [5, 5.41) is 3.26. The van der Waals surface area contributed by atoms with Crippen LogP contribution in [-0.2, 0) is 0 Å². The Balaban J connectivity index is 2.23. The maximum atomic E-state index is 2.74. The standard InChI is InChI=1S/C25H36Si2/c1-25(2,3)19-24-21(20-26(4,5)6)17-18-27(24,22-13-9-7-10-14-22)23-15-11-8-12-16-23/h7-16,20,24H,17-19H2,1-6H3/b21-20-. The number of rotatable bonds is 4. The fourth-order valence-corrected chi connectivity index (χ4v) is 12.7. The molecule has 0 bridgehead atoms. The van der Waals surface area contributed by atoms with Crippen LogP contribution in [0.4, 0.5) is 0 Å². The largest absolute Gasteiger partial charge is 0.125 e. The van der Waals surface area contributed by atoms with Crippen LogP contribution in [0.15, 0.2) is 71.9 Å². The van der Waals surface area contributed by atoms with Crippen molar-refractivity contribution in [2.75, 3.05) is 0 Å². The highest BCUT2D eigenvalue weighted by Crippen LogP contribution is 2.49. The topological polar surface area (TPSA) is 0 Å². The molecule has 0 N–H and O–H groups in total. The number of benzene rings is 2. The van der Waals surface area contributed by atoms with E-state index >= 15 is 0 Å². The van der Waals surface area contributed by atoms with E-state index in [2.05, 4.69) is 107 Å². The van der Waals surface area contributed by atoms with Crippen molar-refractivity contribution in [3.63, 3.8) is 0 Å². The second-order valence-corrected chi connectivity index (χ2v) is 19.9. The van der Waals surface area contributed by atoms with Crippen molar-refractivity contribution in [2.45, 2.75) is 64.8 Å². The first-order chi connectivity index (χ1) is 12.6. The first kappa shape index (κ1) is 20.4. The molecule has 0 saturated carbocycles. The predicted molar refractivity (Wildman–Crippen MR) is 127 cm³/mol. The van der Waals surface area contributed by atoms with E-state index in [0.717, 1.165) is 0 Å². The molecule has 0 spiro atoms. The van der Waals surface area contributed by atoms with Gasteiger partial charge in [0, 0.05) is 0 Å². The summed E-state index contributed by atoms with van der Waals surface area (Å²) in [6.45, 7) is 14.7. The zero-order valence-electron chi connectivity index (χ0n) is 18.0. The Kier molecular flexibility index (Phi) is 5.70. The summed E-state index contributed by atoms with van der Waals surface area (Å²) in [4.78, 5) is 0. The molecule has 144 valence electrons. The van der Waals surface area contributed by atoms with E-state index in [-0.39, 0.29) is 0 Å². The van der Waals surface area contributed by atoms with Gasteiger partial charge in [-0.2, -0.15) is 0 Å². The fourth-order valence-electron chi connectivity index (χ4n) is 4.98. The molecule has 1 aliphatic heterocycles. The number of allylic oxidation sites excluding steroid dienone is 1. The van der Waals surface area contributed by atoms with Crippen LogP contribution in [0.1, 0.15) is 33.6 Å². The molecule has 0 aliphatic carbocycles. The normalized spacial score (nSPS) is 21.6. The van der Waals surface area contributed by atoms with E-state index in [1.165, 1.54) is 18.9 Å². The highest BCUT2D eigenvalue weighted by atomic mass is 28.3. The molecular formula is C25H36Si2. The Morgan fingerprint density at radius 1 is 0.889 bits per heavy atom. The molecule has 2 aromatic rings. The summed E-state index contributed by atoms with van der Waals surface area (Å²) in [5.74, 6) is 0. The maximum absolute atomic E-state index is 2.74. The van der Waals surface area contributed by atoms with Crippen LogP contribution in [0.2, 0.25) is 31.2 Å². The Morgan fingerprint density at radius 3 is 1.78 bits per heavy atom. The smallest absolute Gasteiger partial charge is 0.0958 e. The van der Waals surface area contributed by atoms with Gasteiger partial charge in [0.15, 0.2) is 0 Å². The average molecular weight is 393 g/mol. The predicted octanol–water partition coefficient (Wildman–Crippen LogP) is 6.26. The summed E-state index contributed by atoms with van der Waals surface area (Å²) < 4.78 is 0. The second kappa shape index (κ2) is 7.56. The van der Waals surface area contributed by atoms with Crippen LogP contribution >= 0.6 is 0 Å². The molecular weight excluding hydrogens is 356 g/mol. The van der Waals surface area contributed by atoms with Gasteiger partial charge in [-0.25, -0.2) is 0 Å². The molecule has 1 saturated heterocycles. The van der Waals surface area contributed by atoms with Crippen LogP contribution in [0.5, 0.6) is 0 Å². The van der Waals surface area contributed by atoms with E-state index in [1.807, 2.05) is 0 Å². The van der Waals surface area contributed by atoms with E-state index in [9.17, 15) is 0 Å². The third-order valence-electron chi connectivity index (χ3n) is 5.86. The van der Waals surface area contributed by atoms with Gasteiger partial charge < -0.3 is 0 Å². The lowest BCUT2D eigenvalue weighted by Crippen LogP contribution is -2.59. The third kappa shape index (κ3) is 4.55. The van der Waals surface area contributed by atoms with E-state index in [1.54, 1.807) is 15.9 Å². The van der Waals surface area contributed by atoms with Gasteiger partial charge in [-0.15, -0.1) is 0 Å². The molecule has 1 unspecified atom stereocenters. The van der Waals surface area contributed by atoms with Crippen molar-refractivity contribution in [1.29, 1.82) is 0 Å². The summed E-state index contributed by atoms with van der Waals surface area (Å²) in [6, 6.07) is 24.4. The quantitative estimate of drug-likeness (QED) is 0.538. The molecule has 1 fully saturated rings. The summed E-state index contributed by atoms with van der Waals surface area (Å²) in [6.07, 6.45) is 2.58. The van der Waals surface area contributed by atoms with Gasteiger partial charge in [0.05, 0.1) is 8.07 Å². The molecule has 2 aromatic carbocycles. The zero-order valence-corrected chi connectivity index (χ0v) is 20.0. The van der Waals surface area contributed by atoms with Crippen molar-refractivity contribution in [2.24, 2.45) is 5.41 Å². The van der Waals surface area contributed by atoms with Crippen molar-refractivity contribution < 1.29 is 0 Å². The first-order valence-corrected chi connectivity index (χ1v) is 16.3. The lowest BCUT2D eigenvalue weighted by Gasteiger charge is -2.39. The minimum Gasteiger partial charge on any atom is -0.0958 e. The van der Waals surface area contributed by atoms with Crippen molar-refractivity contribution in [3.8, 4) is 0 Å². The molecule has 1 atom stereocenters. The van der Waals surface area contributed by atoms with E-state index in [4.69, 9.17) is 0 Å². The molecule has 0 aromatic heterocycles. The number of hydrogen-bond acceptors (Lipinski definition) is 0. The minimum atomic E-state index is -1.83. The first-order valence-electron chi connectivity index (χ1n) is 10.4. The van der Waals surface area contributed by atoms with Crippen molar-refractivity contribution in [3.05, 3.63) is 71.9 Å². The van der Waals surface area contributed by atoms with Crippen LogP contribution in [0.3, 0.4) is 0 Å². The van der Waals surface area contributed by atoms with Gasteiger partial charge in [0.1, 0.15) is 8.07 Å². The van der Waals surface area contributed by atoms with Crippen LogP contribution < -0.4 is 10.4 Å². The Hall–Kier alpha value is -1.39. The van der Waals surface area contributed by atoms with Crippen LogP contribution in [-0.4, -0.2) is 16.1 Å². The number of hydrogen-bond donors (Lipinski definition) is 0. The SMILES string of the molecule is CC(C)(C)CC1/C(=C\[Si](C)(C)C)CC[Si]1(c1ccccc1)c1ccccc1. The molecule has 27 heavy (non-hydrogen) atoms. The molecule has 0 amide bonds. The van der Waals surface area contributed by atoms with Gasteiger partial charge in [0.2, 0.25) is 0 Å². The molecule has 1 aliphatic rings. The highest BCUT2D eigenvalue weighted by Gasteiger charge is 2.51. The van der Waals surface area contributed by atoms with Gasteiger partial charge in [0.25, 0.3) is 0 Å². The molecule has 3 rings (SSSR count). The maximum Gasteiger partial charge on any atom is 0.125 e. The van der Waals surface area contributed by atoms with Crippen molar-refractivity contribution in [1.82, 2.24) is 0 Å². The van der Waals surface area contributed by atoms with Gasteiger partial charge in [-0.3, -0.25) is 0 Å². The lowest BCUT2D eigenvalue weighted by molar-refractivity contribution is 0.376. The van der Waals surface area contributed by atoms with Gasteiger partial charge in [-0.1, -0.05) is 123 Å². The molecule has 2 heteroatoms. The third-order valence-corrected chi connectivity index (χ3v) is 12.6. The van der Waals surface area contributed by atoms with E-state index < -0.39 is 16.1 Å². The molecule has 0 radical (unpaired) electrons. The minimum absolute atomic E-state index is 0.343. The Bertz CT molecular complexity index is 737. The van der Waals surface area contributed by atoms with E-state index in [0.29, 0.717) is 11.0 Å². The Labute approximate surface area is 168 Å². The monoisotopic (exact) mass is 392 g/mol. The second-order valence-electron chi connectivity index (χ2n) is 10.6. The summed E-state index contributed by atoms with van der Waals surface area (Å²) in [7, 11) is -3.08. The Morgan fingerprint density at radius 2 is 1.37 bits per heavy atom.